The molecule has 0 amide bonds. The van der Waals surface area contributed by atoms with Crippen molar-refractivity contribution in [3.63, 3.8) is 0 Å². The second kappa shape index (κ2) is 5.23. The molecular formula is C14H9Cl2N. The van der Waals surface area contributed by atoms with Gasteiger partial charge >= 0.3 is 0 Å². The molecule has 0 radical (unpaired) electrons. The summed E-state index contributed by atoms with van der Waals surface area (Å²) in [7, 11) is 0. The average Bonchev–Trinajstić information content (AvgIpc) is 2.35. The van der Waals surface area contributed by atoms with E-state index < -0.39 is 0 Å². The molecule has 1 nitrogen and oxygen atoms in total. The highest BCUT2D eigenvalue weighted by Gasteiger charge is 2.12. The van der Waals surface area contributed by atoms with E-state index in [1.165, 1.54) is 0 Å². The summed E-state index contributed by atoms with van der Waals surface area (Å²) in [5.41, 5.74) is 1.86. The summed E-state index contributed by atoms with van der Waals surface area (Å²) in [6, 6.07) is 16.9. The molecule has 2 aromatic rings. The molecule has 17 heavy (non-hydrogen) atoms. The van der Waals surface area contributed by atoms with Gasteiger partial charge in [0.1, 0.15) is 0 Å². The van der Waals surface area contributed by atoms with Gasteiger partial charge in [-0.2, -0.15) is 5.26 Å². The van der Waals surface area contributed by atoms with E-state index in [1.54, 1.807) is 24.3 Å². The Morgan fingerprint density at radius 1 is 0.765 bits per heavy atom. The molecule has 0 aliphatic heterocycles. The fourth-order valence-electron chi connectivity index (χ4n) is 1.65. The van der Waals surface area contributed by atoms with E-state index in [0.717, 1.165) is 11.1 Å². The predicted octanol–water partition coefficient (Wildman–Crippen LogP) is 4.65. The third-order valence-electron chi connectivity index (χ3n) is 2.54. The Balaban J connectivity index is 2.37. The quantitative estimate of drug-likeness (QED) is 0.772. The highest BCUT2D eigenvalue weighted by molar-refractivity contribution is 6.30. The van der Waals surface area contributed by atoms with Gasteiger partial charge in [-0.15, -0.1) is 0 Å². The highest BCUT2D eigenvalue weighted by Crippen LogP contribution is 2.26. The van der Waals surface area contributed by atoms with Crippen LogP contribution in [0.5, 0.6) is 0 Å². The largest absolute Gasteiger partial charge is 0.197 e. The van der Waals surface area contributed by atoms with Gasteiger partial charge in [0.2, 0.25) is 0 Å². The number of nitrogens with zero attached hydrogens (tertiary/aromatic N) is 1. The van der Waals surface area contributed by atoms with Crippen molar-refractivity contribution in [1.29, 1.82) is 5.26 Å². The van der Waals surface area contributed by atoms with E-state index in [0.29, 0.717) is 10.0 Å². The predicted molar refractivity (Wildman–Crippen MR) is 70.4 cm³/mol. The maximum atomic E-state index is 9.26. The third-order valence-corrected chi connectivity index (χ3v) is 3.04. The molecule has 3 heteroatoms. The van der Waals surface area contributed by atoms with Gasteiger partial charge in [-0.3, -0.25) is 0 Å². The molecule has 0 saturated heterocycles. The van der Waals surface area contributed by atoms with Gasteiger partial charge in [-0.1, -0.05) is 47.5 Å². The Morgan fingerprint density at radius 3 is 1.41 bits per heavy atom. The Bertz CT molecular complexity index is 492. The zero-order chi connectivity index (χ0) is 12.3. The van der Waals surface area contributed by atoms with Crippen molar-refractivity contribution in [2.75, 3.05) is 0 Å². The van der Waals surface area contributed by atoms with E-state index in [1.807, 2.05) is 24.3 Å². The standard InChI is InChI=1S/C14H9Cl2N/c15-12-5-1-10(2-6-12)14(9-17)11-3-7-13(16)8-4-11/h1-8,14H. The average molecular weight is 262 g/mol. The topological polar surface area (TPSA) is 23.8 Å². The maximum absolute atomic E-state index is 9.26. The summed E-state index contributed by atoms with van der Waals surface area (Å²) in [5, 5.41) is 10.6. The van der Waals surface area contributed by atoms with Crippen LogP contribution >= 0.6 is 23.2 Å². The first-order valence-electron chi connectivity index (χ1n) is 5.11. The van der Waals surface area contributed by atoms with E-state index in [9.17, 15) is 5.26 Å². The van der Waals surface area contributed by atoms with Gasteiger partial charge in [0.15, 0.2) is 0 Å². The van der Waals surface area contributed by atoms with Crippen LogP contribution < -0.4 is 0 Å². The van der Waals surface area contributed by atoms with Crippen LogP contribution in [0.1, 0.15) is 17.0 Å². The van der Waals surface area contributed by atoms with Crippen LogP contribution in [0.3, 0.4) is 0 Å². The summed E-state index contributed by atoms with van der Waals surface area (Å²) in [6.07, 6.45) is 0. The molecule has 0 aromatic heterocycles. The normalized spacial score (nSPS) is 10.2. The molecule has 0 bridgehead atoms. The number of hydrogen-bond donors (Lipinski definition) is 0. The first-order chi connectivity index (χ1) is 8.20. The van der Waals surface area contributed by atoms with Crippen molar-refractivity contribution in [2.24, 2.45) is 0 Å². The summed E-state index contributed by atoms with van der Waals surface area (Å²) in [6.45, 7) is 0. The van der Waals surface area contributed by atoms with Crippen molar-refractivity contribution >= 4 is 23.2 Å². The van der Waals surface area contributed by atoms with Gasteiger partial charge in [0.05, 0.1) is 12.0 Å². The molecule has 0 heterocycles. The van der Waals surface area contributed by atoms with Crippen LogP contribution in [0.25, 0.3) is 0 Å². The number of halogens is 2. The Hall–Kier alpha value is -1.49. The monoisotopic (exact) mass is 261 g/mol. The molecule has 0 aliphatic rings. The van der Waals surface area contributed by atoms with E-state index in [4.69, 9.17) is 23.2 Å². The second-order valence-corrected chi connectivity index (χ2v) is 4.54. The van der Waals surface area contributed by atoms with Crippen LogP contribution in [0, 0.1) is 11.3 Å². The molecule has 0 aliphatic carbocycles. The lowest BCUT2D eigenvalue weighted by Crippen LogP contribution is -1.97. The molecule has 0 N–H and O–H groups in total. The molecule has 2 aromatic carbocycles. The Kier molecular flexibility index (Phi) is 3.68. The van der Waals surface area contributed by atoms with Crippen molar-refractivity contribution in [3.05, 3.63) is 69.7 Å². The fraction of sp³-hybridized carbons (Fsp3) is 0.0714. The minimum absolute atomic E-state index is 0.287. The Labute approximate surface area is 110 Å². The smallest absolute Gasteiger partial charge is 0.0962 e. The molecule has 0 fully saturated rings. The Morgan fingerprint density at radius 2 is 1.12 bits per heavy atom. The van der Waals surface area contributed by atoms with Gasteiger partial charge in [-0.05, 0) is 35.4 Å². The third kappa shape index (κ3) is 2.79. The molecular weight excluding hydrogens is 253 g/mol. The molecule has 0 atom stereocenters. The SMILES string of the molecule is N#CC(c1ccc(Cl)cc1)c1ccc(Cl)cc1. The molecule has 84 valence electrons. The maximum Gasteiger partial charge on any atom is 0.0962 e. The van der Waals surface area contributed by atoms with Crippen LogP contribution in [0.2, 0.25) is 10.0 Å². The van der Waals surface area contributed by atoms with Gasteiger partial charge in [0.25, 0.3) is 0 Å². The number of rotatable bonds is 2. The molecule has 2 rings (SSSR count). The van der Waals surface area contributed by atoms with Crippen molar-refractivity contribution in [3.8, 4) is 6.07 Å². The zero-order valence-electron chi connectivity index (χ0n) is 8.90. The van der Waals surface area contributed by atoms with Crippen molar-refractivity contribution in [1.82, 2.24) is 0 Å². The van der Waals surface area contributed by atoms with Gasteiger partial charge in [0, 0.05) is 10.0 Å². The van der Waals surface area contributed by atoms with E-state index in [2.05, 4.69) is 6.07 Å². The number of hydrogen-bond acceptors (Lipinski definition) is 1. The van der Waals surface area contributed by atoms with Crippen LogP contribution in [0.15, 0.2) is 48.5 Å². The number of benzene rings is 2. The summed E-state index contributed by atoms with van der Waals surface area (Å²) in [5.74, 6) is -0.287. The van der Waals surface area contributed by atoms with Crippen molar-refractivity contribution in [2.45, 2.75) is 5.92 Å². The molecule has 0 spiro atoms. The molecule has 0 unspecified atom stereocenters. The van der Waals surface area contributed by atoms with Crippen LogP contribution in [-0.2, 0) is 0 Å². The summed E-state index contributed by atoms with van der Waals surface area (Å²) < 4.78 is 0. The fourth-order valence-corrected chi connectivity index (χ4v) is 1.90. The van der Waals surface area contributed by atoms with Gasteiger partial charge < -0.3 is 0 Å². The summed E-state index contributed by atoms with van der Waals surface area (Å²) in [4.78, 5) is 0. The minimum Gasteiger partial charge on any atom is -0.197 e. The summed E-state index contributed by atoms with van der Waals surface area (Å²) >= 11 is 11.7. The zero-order valence-corrected chi connectivity index (χ0v) is 10.4. The number of nitriles is 1. The van der Waals surface area contributed by atoms with E-state index in [-0.39, 0.29) is 5.92 Å². The first kappa shape index (κ1) is 12.0. The second-order valence-electron chi connectivity index (χ2n) is 3.67. The molecule has 0 saturated carbocycles. The minimum atomic E-state index is -0.287. The lowest BCUT2D eigenvalue weighted by atomic mass is 9.93. The van der Waals surface area contributed by atoms with Crippen LogP contribution in [0.4, 0.5) is 0 Å². The lowest BCUT2D eigenvalue weighted by Gasteiger charge is -2.09. The van der Waals surface area contributed by atoms with Gasteiger partial charge in [-0.25, -0.2) is 0 Å². The first-order valence-corrected chi connectivity index (χ1v) is 5.87. The van der Waals surface area contributed by atoms with Crippen LogP contribution in [-0.4, -0.2) is 0 Å². The van der Waals surface area contributed by atoms with E-state index >= 15 is 0 Å². The van der Waals surface area contributed by atoms with Crippen molar-refractivity contribution < 1.29 is 0 Å². The highest BCUT2D eigenvalue weighted by atomic mass is 35.5. The lowest BCUT2D eigenvalue weighted by molar-refractivity contribution is 1.04.